The molecule has 1 atom stereocenters. The van der Waals surface area contributed by atoms with Crippen LogP contribution in [0.2, 0.25) is 0 Å². The molecule has 144 valence electrons. The lowest BCUT2D eigenvalue weighted by molar-refractivity contribution is 0.0932. The summed E-state index contributed by atoms with van der Waals surface area (Å²) in [6.45, 7) is 1.81. The van der Waals surface area contributed by atoms with Gasteiger partial charge in [-0.05, 0) is 73.4 Å². The van der Waals surface area contributed by atoms with E-state index < -0.39 is 0 Å². The van der Waals surface area contributed by atoms with E-state index in [9.17, 15) is 9.59 Å². The highest BCUT2D eigenvalue weighted by Crippen LogP contribution is 2.26. The fraction of sp³-hybridized carbons (Fsp3) is 0.400. The number of carbonyl (C=O) groups is 2. The molecule has 5 nitrogen and oxygen atoms in total. The van der Waals surface area contributed by atoms with E-state index in [1.54, 1.807) is 6.07 Å². The summed E-state index contributed by atoms with van der Waals surface area (Å²) < 4.78 is 0. The first-order valence-corrected chi connectivity index (χ1v) is 10.1. The molecule has 1 fully saturated rings. The molecule has 0 bridgehead atoms. The molecule has 2 aromatic rings. The number of nitrogens with one attached hydrogen (secondary N) is 3. The Morgan fingerprint density at radius 2 is 1.93 bits per heavy atom. The van der Waals surface area contributed by atoms with Crippen molar-refractivity contribution in [2.45, 2.75) is 38.1 Å². The number of fused-ring (bicyclic) bond motifs is 1. The van der Waals surface area contributed by atoms with Crippen molar-refractivity contribution in [1.29, 1.82) is 0 Å². The largest absolute Gasteiger partial charge is 0.348 e. The molecule has 0 radical (unpaired) electrons. The first kappa shape index (κ1) is 19.9. The minimum atomic E-state index is -0.157. The second kappa shape index (κ2) is 8.87. The maximum atomic E-state index is 12.6. The Morgan fingerprint density at radius 3 is 2.74 bits per heavy atom. The van der Waals surface area contributed by atoms with Crippen LogP contribution in [0, 0.1) is 0 Å². The van der Waals surface area contributed by atoms with E-state index in [4.69, 9.17) is 0 Å². The average Bonchev–Trinajstić information content (AvgIpc) is 3.30. The van der Waals surface area contributed by atoms with Crippen LogP contribution >= 0.6 is 23.7 Å². The van der Waals surface area contributed by atoms with Crippen LogP contribution in [0.15, 0.2) is 29.6 Å². The van der Waals surface area contributed by atoms with Crippen molar-refractivity contribution in [3.63, 3.8) is 0 Å². The fourth-order valence-corrected chi connectivity index (χ4v) is 4.49. The van der Waals surface area contributed by atoms with Crippen molar-refractivity contribution in [2.75, 3.05) is 18.4 Å². The highest BCUT2D eigenvalue weighted by atomic mass is 35.5. The number of anilines is 1. The summed E-state index contributed by atoms with van der Waals surface area (Å²) in [4.78, 5) is 25.2. The second-order valence-electron chi connectivity index (χ2n) is 6.97. The van der Waals surface area contributed by atoms with Gasteiger partial charge >= 0.3 is 0 Å². The van der Waals surface area contributed by atoms with Crippen molar-refractivity contribution in [3.05, 3.63) is 51.9 Å². The van der Waals surface area contributed by atoms with Gasteiger partial charge in [0, 0.05) is 18.2 Å². The SMILES string of the molecule is Cl.O=C(Nc1sccc1C(=O)NC1CCCNC1)c1ccc2c(c1)CCC2. The monoisotopic (exact) mass is 405 g/mol. The Kier molecular flexibility index (Phi) is 6.52. The average molecular weight is 406 g/mol. The summed E-state index contributed by atoms with van der Waals surface area (Å²) >= 11 is 1.38. The highest BCUT2D eigenvalue weighted by molar-refractivity contribution is 7.14. The smallest absolute Gasteiger partial charge is 0.256 e. The molecule has 2 amide bonds. The lowest BCUT2D eigenvalue weighted by Gasteiger charge is -2.23. The van der Waals surface area contributed by atoms with Gasteiger partial charge in [0.25, 0.3) is 11.8 Å². The van der Waals surface area contributed by atoms with Crippen molar-refractivity contribution in [3.8, 4) is 0 Å². The number of rotatable bonds is 4. The van der Waals surface area contributed by atoms with Gasteiger partial charge in [-0.2, -0.15) is 0 Å². The Bertz CT molecular complexity index is 830. The van der Waals surface area contributed by atoms with Gasteiger partial charge in [0.1, 0.15) is 5.00 Å². The number of hydrogen-bond acceptors (Lipinski definition) is 4. The van der Waals surface area contributed by atoms with Gasteiger partial charge in [0.2, 0.25) is 0 Å². The van der Waals surface area contributed by atoms with Crippen molar-refractivity contribution in [2.24, 2.45) is 0 Å². The van der Waals surface area contributed by atoms with E-state index in [1.807, 2.05) is 17.5 Å². The number of benzene rings is 1. The lowest BCUT2D eigenvalue weighted by Crippen LogP contribution is -2.45. The van der Waals surface area contributed by atoms with Crippen molar-refractivity contribution >= 4 is 40.6 Å². The molecule has 1 unspecified atom stereocenters. The number of carbonyl (C=O) groups excluding carboxylic acids is 2. The van der Waals surface area contributed by atoms with Crippen molar-refractivity contribution in [1.82, 2.24) is 10.6 Å². The maximum Gasteiger partial charge on any atom is 0.256 e. The normalized spacial score (nSPS) is 18.3. The lowest BCUT2D eigenvalue weighted by atomic mass is 10.1. The summed E-state index contributed by atoms with van der Waals surface area (Å²) in [5, 5.41) is 11.7. The minimum absolute atomic E-state index is 0. The molecule has 3 N–H and O–H groups in total. The Labute approximate surface area is 169 Å². The van der Waals surface area contributed by atoms with Gasteiger partial charge < -0.3 is 16.0 Å². The van der Waals surface area contributed by atoms with Gasteiger partial charge in [0.05, 0.1) is 5.56 Å². The van der Waals surface area contributed by atoms with E-state index in [1.165, 1.54) is 22.5 Å². The molecule has 27 heavy (non-hydrogen) atoms. The van der Waals surface area contributed by atoms with Crippen LogP contribution in [-0.2, 0) is 12.8 Å². The van der Waals surface area contributed by atoms with E-state index in [2.05, 4.69) is 22.0 Å². The Balaban J connectivity index is 0.00000210. The van der Waals surface area contributed by atoms with Gasteiger partial charge in [-0.1, -0.05) is 6.07 Å². The van der Waals surface area contributed by atoms with Crippen LogP contribution in [0.4, 0.5) is 5.00 Å². The van der Waals surface area contributed by atoms with Crippen LogP contribution < -0.4 is 16.0 Å². The molecule has 1 aliphatic carbocycles. The van der Waals surface area contributed by atoms with E-state index in [0.717, 1.165) is 45.2 Å². The van der Waals surface area contributed by atoms with Gasteiger partial charge in [-0.15, -0.1) is 23.7 Å². The molecule has 4 rings (SSSR count). The number of thiophene rings is 1. The molecule has 0 spiro atoms. The van der Waals surface area contributed by atoms with Crippen molar-refractivity contribution < 1.29 is 9.59 Å². The van der Waals surface area contributed by atoms with Crippen LogP contribution in [0.25, 0.3) is 0 Å². The van der Waals surface area contributed by atoms with Gasteiger partial charge in [-0.25, -0.2) is 0 Å². The first-order chi connectivity index (χ1) is 12.7. The second-order valence-corrected chi connectivity index (χ2v) is 7.89. The molecular formula is C20H24ClN3O2S. The molecule has 7 heteroatoms. The Morgan fingerprint density at radius 1 is 1.07 bits per heavy atom. The molecule has 1 aliphatic heterocycles. The summed E-state index contributed by atoms with van der Waals surface area (Å²) in [5.41, 5.74) is 3.81. The standard InChI is InChI=1S/C20H23N3O2S.ClH/c24-18(15-7-6-13-3-1-4-14(13)11-15)23-20-17(8-10-26-20)19(25)22-16-5-2-9-21-12-16;/h6-8,10-11,16,21H,1-5,9,12H2,(H,22,25)(H,23,24);1H. The van der Waals surface area contributed by atoms with Crippen LogP contribution in [0.1, 0.15) is 51.1 Å². The minimum Gasteiger partial charge on any atom is -0.348 e. The van der Waals surface area contributed by atoms with Gasteiger partial charge in [-0.3, -0.25) is 9.59 Å². The predicted molar refractivity (Wildman–Crippen MR) is 111 cm³/mol. The zero-order valence-corrected chi connectivity index (χ0v) is 16.7. The fourth-order valence-electron chi connectivity index (χ4n) is 3.71. The number of hydrogen-bond donors (Lipinski definition) is 3. The quantitative estimate of drug-likeness (QED) is 0.730. The predicted octanol–water partition coefficient (Wildman–Crippen LogP) is 3.39. The van der Waals surface area contributed by atoms with Gasteiger partial charge in [0.15, 0.2) is 0 Å². The van der Waals surface area contributed by atoms with E-state index >= 15 is 0 Å². The zero-order valence-electron chi connectivity index (χ0n) is 15.0. The van der Waals surface area contributed by atoms with E-state index in [0.29, 0.717) is 16.1 Å². The molecule has 1 aromatic heterocycles. The van der Waals surface area contributed by atoms with Crippen LogP contribution in [0.5, 0.6) is 0 Å². The molecule has 0 saturated carbocycles. The van der Waals surface area contributed by atoms with Crippen LogP contribution in [-0.4, -0.2) is 30.9 Å². The third kappa shape index (κ3) is 4.51. The van der Waals surface area contributed by atoms with Crippen LogP contribution in [0.3, 0.4) is 0 Å². The third-order valence-electron chi connectivity index (χ3n) is 5.13. The summed E-state index contributed by atoms with van der Waals surface area (Å²) in [6, 6.07) is 7.83. The number of amides is 2. The number of halogens is 1. The summed E-state index contributed by atoms with van der Waals surface area (Å²) in [5.74, 6) is -0.278. The Hall–Kier alpha value is -1.89. The molecule has 2 aliphatic rings. The number of piperidine rings is 1. The maximum absolute atomic E-state index is 12.6. The molecule has 1 saturated heterocycles. The molecular weight excluding hydrogens is 382 g/mol. The highest BCUT2D eigenvalue weighted by Gasteiger charge is 2.21. The first-order valence-electron chi connectivity index (χ1n) is 9.23. The topological polar surface area (TPSA) is 70.2 Å². The zero-order chi connectivity index (χ0) is 17.9. The summed E-state index contributed by atoms with van der Waals surface area (Å²) in [7, 11) is 0. The summed E-state index contributed by atoms with van der Waals surface area (Å²) in [6.07, 6.45) is 5.35. The molecule has 2 heterocycles. The molecule has 1 aromatic carbocycles. The van der Waals surface area contributed by atoms with E-state index in [-0.39, 0.29) is 30.3 Å². The third-order valence-corrected chi connectivity index (χ3v) is 5.96. The number of aryl methyl sites for hydroxylation is 2.